The largest absolute Gasteiger partial charge is 0.360 e. The highest BCUT2D eigenvalue weighted by Gasteiger charge is 2.35. The average molecular weight is 315 g/mol. The van der Waals surface area contributed by atoms with E-state index in [2.05, 4.69) is 112 Å². The summed E-state index contributed by atoms with van der Waals surface area (Å²) in [5.41, 5.74) is 4.22. The lowest BCUT2D eigenvalue weighted by molar-refractivity contribution is -0.859. The van der Waals surface area contributed by atoms with E-state index >= 15 is 0 Å². The number of rotatable bonds is 5. The molecule has 3 aromatic rings. The fourth-order valence-electron chi connectivity index (χ4n) is 4.06. The molecule has 0 atom stereocenters. The Morgan fingerprint density at radius 3 is 1.08 bits per heavy atom. The number of hydrogen-bond acceptors (Lipinski definition) is 0. The summed E-state index contributed by atoms with van der Waals surface area (Å²) in [5.74, 6) is 0. The van der Waals surface area contributed by atoms with Gasteiger partial charge in [-0.15, -0.1) is 0 Å². The van der Waals surface area contributed by atoms with Crippen LogP contribution in [-0.2, 0) is 0 Å². The van der Waals surface area contributed by atoms with Gasteiger partial charge in [0.15, 0.2) is 0 Å². The maximum atomic E-state index is 2.29. The van der Waals surface area contributed by atoms with Crippen molar-refractivity contribution in [2.24, 2.45) is 0 Å². The van der Waals surface area contributed by atoms with Gasteiger partial charge < -0.3 is 4.48 Å². The molecule has 0 spiro atoms. The molecule has 3 aromatic carbocycles. The Balaban J connectivity index is 2.33. The number of nitrogens with zero attached hydrogens (tertiary/aromatic N) is 1. The van der Waals surface area contributed by atoms with E-state index in [0.717, 1.165) is 10.9 Å². The summed E-state index contributed by atoms with van der Waals surface area (Å²) < 4.78 is 0.915. The Labute approximate surface area is 146 Å². The summed E-state index contributed by atoms with van der Waals surface area (Å²) in [7, 11) is 6.85. The molecule has 0 saturated carbocycles. The van der Waals surface area contributed by atoms with E-state index in [0.29, 0.717) is 0 Å². The third-order valence-electron chi connectivity index (χ3n) is 4.93. The van der Waals surface area contributed by atoms with Crippen molar-refractivity contribution in [3.8, 4) is 0 Å². The second-order valence-corrected chi connectivity index (χ2v) is 7.75. The molecule has 1 nitrogen and oxygen atoms in total. The van der Waals surface area contributed by atoms with Gasteiger partial charge in [-0.3, -0.25) is 0 Å². The minimum absolute atomic E-state index is 0.915. The first-order valence-electron chi connectivity index (χ1n) is 8.66. The molecule has 0 bridgehead atoms. The van der Waals surface area contributed by atoms with Crippen LogP contribution >= 0.6 is 0 Å². The third kappa shape index (κ3) is 3.29. The van der Waals surface area contributed by atoms with Gasteiger partial charge in [-0.25, -0.2) is 0 Å². The van der Waals surface area contributed by atoms with Gasteiger partial charge in [0, 0.05) is 0 Å². The quantitative estimate of drug-likeness (QED) is 0.501. The van der Waals surface area contributed by atoms with Crippen LogP contribution in [0.25, 0.3) is 0 Å². The molecule has 0 N–H and O–H groups in total. The minimum Gasteiger partial charge on any atom is -0.360 e. The van der Waals surface area contributed by atoms with Crippen LogP contribution in [0.15, 0.2) is 91.0 Å². The molecule has 0 saturated heterocycles. The van der Waals surface area contributed by atoms with E-state index in [1.807, 2.05) is 0 Å². The molecule has 0 heterocycles. The molecule has 0 aliphatic heterocycles. The summed E-state index contributed by atoms with van der Waals surface area (Å²) >= 11 is 0. The molecule has 0 unspecified atom stereocenters. The fourth-order valence-corrected chi connectivity index (χ4v) is 4.06. The monoisotopic (exact) mass is 315 g/mol. The lowest BCUT2D eigenvalue weighted by atomic mass is 9.15. The average Bonchev–Trinajstić information content (AvgIpc) is 2.61. The molecule has 24 heavy (non-hydrogen) atoms. The summed E-state index contributed by atoms with van der Waals surface area (Å²) in [6.45, 7) is 0. The zero-order valence-electron chi connectivity index (χ0n) is 14.9. The zero-order chi connectivity index (χ0) is 17.0. The van der Waals surface area contributed by atoms with Crippen molar-refractivity contribution in [2.75, 3.05) is 27.6 Å². The van der Waals surface area contributed by atoms with Crippen LogP contribution in [0, 0.1) is 0 Å². The van der Waals surface area contributed by atoms with Crippen molar-refractivity contribution in [3.05, 3.63) is 91.0 Å². The fraction of sp³-hybridized carbons (Fsp3) is 0.182. The Morgan fingerprint density at radius 2 is 0.833 bits per heavy atom. The molecular weight excluding hydrogens is 289 g/mol. The molecule has 122 valence electrons. The van der Waals surface area contributed by atoms with Crippen LogP contribution < -0.4 is 16.4 Å². The number of benzene rings is 3. The van der Waals surface area contributed by atoms with Gasteiger partial charge in [0.05, 0.1) is 21.1 Å². The molecule has 2 heteroatoms. The predicted molar refractivity (Wildman–Crippen MR) is 107 cm³/mol. The van der Waals surface area contributed by atoms with E-state index in [1.165, 1.54) is 16.4 Å². The second kappa shape index (κ2) is 6.66. The van der Waals surface area contributed by atoms with Crippen molar-refractivity contribution < 1.29 is 4.48 Å². The van der Waals surface area contributed by atoms with Crippen LogP contribution in [0.4, 0.5) is 0 Å². The van der Waals surface area contributed by atoms with Crippen LogP contribution in [0.3, 0.4) is 0 Å². The molecule has 0 aliphatic rings. The van der Waals surface area contributed by atoms with Crippen molar-refractivity contribution in [1.29, 1.82) is 0 Å². The normalized spacial score (nSPS) is 12.1. The zero-order valence-corrected chi connectivity index (χ0v) is 14.9. The third-order valence-corrected chi connectivity index (χ3v) is 4.93. The second-order valence-electron chi connectivity index (χ2n) is 7.75. The maximum absolute atomic E-state index is 2.29. The molecule has 0 radical (unpaired) electrons. The molecule has 3 rings (SSSR count). The molecular formula is C22H26BN. The standard InChI is InChI=1S/C22H26BN/c1-24(2,3)19-23(20-13-7-4-8-14-20,21-15-9-5-10-16-21)22-17-11-6-12-18-22/h4-18H,19H2,1-3H3. The highest BCUT2D eigenvalue weighted by atomic mass is 15.3. The van der Waals surface area contributed by atoms with Gasteiger partial charge in [0.25, 0.3) is 0 Å². The van der Waals surface area contributed by atoms with Crippen molar-refractivity contribution >= 4 is 22.5 Å². The predicted octanol–water partition coefficient (Wildman–Crippen LogP) is 2.40. The van der Waals surface area contributed by atoms with E-state index in [9.17, 15) is 0 Å². The molecule has 0 aromatic heterocycles. The van der Waals surface area contributed by atoms with Crippen LogP contribution in [-0.4, -0.2) is 38.2 Å². The number of quaternary nitrogens is 1. The summed E-state index contributed by atoms with van der Waals surface area (Å²) in [6, 6.07) is 33.0. The molecule has 0 amide bonds. The summed E-state index contributed by atoms with van der Waals surface area (Å²) in [4.78, 5) is 0. The Kier molecular flexibility index (Phi) is 4.59. The van der Waals surface area contributed by atoms with Gasteiger partial charge >= 0.3 is 0 Å². The van der Waals surface area contributed by atoms with Crippen molar-refractivity contribution in [2.45, 2.75) is 0 Å². The minimum atomic E-state index is -1.03. The highest BCUT2D eigenvalue weighted by molar-refractivity contribution is 7.11. The lowest BCUT2D eigenvalue weighted by Gasteiger charge is -2.47. The van der Waals surface area contributed by atoms with E-state index < -0.39 is 6.15 Å². The van der Waals surface area contributed by atoms with E-state index in [4.69, 9.17) is 0 Å². The van der Waals surface area contributed by atoms with Crippen LogP contribution in [0.2, 0.25) is 0 Å². The van der Waals surface area contributed by atoms with Gasteiger partial charge in [-0.2, -0.15) is 16.4 Å². The van der Waals surface area contributed by atoms with Crippen molar-refractivity contribution in [1.82, 2.24) is 0 Å². The summed E-state index contributed by atoms with van der Waals surface area (Å²) in [5, 5.41) is 0. The topological polar surface area (TPSA) is 0 Å². The first-order chi connectivity index (χ1) is 11.5. The summed E-state index contributed by atoms with van der Waals surface area (Å²) in [6.07, 6.45) is 0.0239. The van der Waals surface area contributed by atoms with E-state index in [1.54, 1.807) is 0 Å². The van der Waals surface area contributed by atoms with Gasteiger partial charge in [0.1, 0.15) is 6.15 Å². The van der Waals surface area contributed by atoms with Gasteiger partial charge in [-0.1, -0.05) is 91.0 Å². The van der Waals surface area contributed by atoms with E-state index in [-0.39, 0.29) is 0 Å². The lowest BCUT2D eigenvalue weighted by Crippen LogP contribution is -2.74. The Morgan fingerprint density at radius 1 is 0.542 bits per heavy atom. The molecule has 0 fully saturated rings. The maximum Gasteiger partial charge on any atom is 0.137 e. The first-order valence-corrected chi connectivity index (χ1v) is 8.66. The SMILES string of the molecule is C[N+](C)(C)C[B-](c1ccccc1)(c1ccccc1)c1ccccc1. The van der Waals surface area contributed by atoms with Crippen LogP contribution in [0.1, 0.15) is 0 Å². The van der Waals surface area contributed by atoms with Crippen LogP contribution in [0.5, 0.6) is 0 Å². The van der Waals surface area contributed by atoms with Gasteiger partial charge in [0.2, 0.25) is 0 Å². The Bertz CT molecular complexity index is 665. The Hall–Kier alpha value is -2.32. The smallest absolute Gasteiger partial charge is 0.137 e. The highest BCUT2D eigenvalue weighted by Crippen LogP contribution is 2.11. The van der Waals surface area contributed by atoms with Gasteiger partial charge in [-0.05, 0) is 6.44 Å². The first kappa shape index (κ1) is 16.5. The van der Waals surface area contributed by atoms with Crippen molar-refractivity contribution in [3.63, 3.8) is 0 Å². The molecule has 0 aliphatic carbocycles. The number of hydrogen-bond donors (Lipinski definition) is 0.